The number of hydrogen-bond donors (Lipinski definition) is 0. The molecule has 2 aromatic carbocycles. The Morgan fingerprint density at radius 1 is 1.14 bits per heavy atom. The van der Waals surface area contributed by atoms with Crippen LogP contribution in [0.1, 0.15) is 48.5 Å². The second-order valence-corrected chi connectivity index (χ2v) is 6.95. The normalized spacial score (nSPS) is 20.6. The minimum Gasteiger partial charge on any atom is -0.290 e. The van der Waals surface area contributed by atoms with Crippen molar-refractivity contribution in [3.05, 3.63) is 69.7 Å². The van der Waals surface area contributed by atoms with E-state index in [1.54, 1.807) is 0 Å². The van der Waals surface area contributed by atoms with Gasteiger partial charge in [0.05, 0.1) is 0 Å². The van der Waals surface area contributed by atoms with Crippen molar-refractivity contribution in [2.24, 2.45) is 0 Å². The van der Waals surface area contributed by atoms with E-state index < -0.39 is 0 Å². The Balaban J connectivity index is 1.85. The quantitative estimate of drug-likeness (QED) is 0.695. The van der Waals surface area contributed by atoms with E-state index in [4.69, 9.17) is 0 Å². The van der Waals surface area contributed by atoms with Gasteiger partial charge in [0.15, 0.2) is 0 Å². The van der Waals surface area contributed by atoms with Crippen LogP contribution in [0.2, 0.25) is 0 Å². The maximum atomic E-state index is 3.60. The summed E-state index contributed by atoms with van der Waals surface area (Å²) in [6.07, 6.45) is 2.54. The number of hydrogen-bond acceptors (Lipinski definition) is 1. The zero-order chi connectivity index (χ0) is 14.8. The molecule has 21 heavy (non-hydrogen) atoms. The Kier molecular flexibility index (Phi) is 4.46. The van der Waals surface area contributed by atoms with Gasteiger partial charge in [0.2, 0.25) is 0 Å². The van der Waals surface area contributed by atoms with E-state index in [1.807, 2.05) is 0 Å². The highest BCUT2D eigenvalue weighted by Gasteiger charge is 2.30. The van der Waals surface area contributed by atoms with E-state index >= 15 is 0 Å². The van der Waals surface area contributed by atoms with Crippen LogP contribution >= 0.6 is 15.9 Å². The molecule has 0 unspecified atom stereocenters. The number of aryl methyl sites for hydroxylation is 1. The lowest BCUT2D eigenvalue weighted by molar-refractivity contribution is 0.194. The second kappa shape index (κ2) is 6.33. The predicted molar refractivity (Wildman–Crippen MR) is 92.4 cm³/mol. The third-order valence-electron chi connectivity index (χ3n) is 4.58. The van der Waals surface area contributed by atoms with Gasteiger partial charge in [-0.25, -0.2) is 0 Å². The number of rotatable bonds is 3. The zero-order valence-corrected chi connectivity index (χ0v) is 14.3. The van der Waals surface area contributed by atoms with Crippen LogP contribution in [-0.4, -0.2) is 11.4 Å². The molecule has 1 saturated heterocycles. The Hall–Kier alpha value is -1.12. The second-order valence-electron chi connectivity index (χ2n) is 6.04. The Labute approximate surface area is 136 Å². The van der Waals surface area contributed by atoms with Gasteiger partial charge >= 0.3 is 0 Å². The summed E-state index contributed by atoms with van der Waals surface area (Å²) in [5.41, 5.74) is 4.18. The third kappa shape index (κ3) is 3.22. The summed E-state index contributed by atoms with van der Waals surface area (Å²) < 4.78 is 1.18. The Bertz CT molecular complexity index is 605. The van der Waals surface area contributed by atoms with E-state index in [0.29, 0.717) is 12.1 Å². The lowest BCUT2D eigenvalue weighted by Crippen LogP contribution is -2.26. The van der Waals surface area contributed by atoms with Crippen LogP contribution in [-0.2, 0) is 0 Å². The number of likely N-dealkylation sites (tertiary alicyclic amines) is 1. The molecule has 1 heterocycles. The fraction of sp³-hybridized carbons (Fsp3) is 0.368. The Morgan fingerprint density at radius 2 is 1.90 bits per heavy atom. The van der Waals surface area contributed by atoms with Crippen LogP contribution < -0.4 is 0 Å². The zero-order valence-electron chi connectivity index (χ0n) is 12.7. The lowest BCUT2D eigenvalue weighted by Gasteiger charge is -2.31. The smallest absolute Gasteiger partial charge is 0.0355 e. The molecule has 1 nitrogen and oxygen atoms in total. The molecule has 0 aromatic heterocycles. The highest BCUT2D eigenvalue weighted by Crippen LogP contribution is 2.39. The van der Waals surface area contributed by atoms with Gasteiger partial charge in [0.1, 0.15) is 0 Å². The summed E-state index contributed by atoms with van der Waals surface area (Å²) in [4.78, 5) is 2.65. The molecule has 1 aliphatic rings. The molecule has 0 saturated carbocycles. The molecule has 110 valence electrons. The van der Waals surface area contributed by atoms with Crippen molar-refractivity contribution in [3.8, 4) is 0 Å². The van der Waals surface area contributed by atoms with E-state index in [2.05, 4.69) is 83.2 Å². The molecule has 0 radical (unpaired) electrons. The van der Waals surface area contributed by atoms with Crippen LogP contribution in [0.5, 0.6) is 0 Å². The van der Waals surface area contributed by atoms with Crippen molar-refractivity contribution in [1.29, 1.82) is 0 Å². The molecule has 2 atom stereocenters. The number of halogens is 1. The molecule has 3 rings (SSSR count). The minimum absolute atomic E-state index is 0.470. The van der Waals surface area contributed by atoms with Gasteiger partial charge in [-0.2, -0.15) is 0 Å². The average molecular weight is 344 g/mol. The van der Waals surface area contributed by atoms with E-state index in [9.17, 15) is 0 Å². The van der Waals surface area contributed by atoms with Gasteiger partial charge in [-0.3, -0.25) is 4.90 Å². The van der Waals surface area contributed by atoms with Crippen molar-refractivity contribution in [2.45, 2.75) is 38.8 Å². The van der Waals surface area contributed by atoms with Gasteiger partial charge in [-0.15, -0.1) is 0 Å². The van der Waals surface area contributed by atoms with Gasteiger partial charge < -0.3 is 0 Å². The fourth-order valence-corrected chi connectivity index (χ4v) is 3.78. The van der Waals surface area contributed by atoms with Gasteiger partial charge in [0.25, 0.3) is 0 Å². The first-order valence-corrected chi connectivity index (χ1v) is 8.52. The first-order valence-electron chi connectivity index (χ1n) is 7.73. The Morgan fingerprint density at radius 3 is 2.62 bits per heavy atom. The summed E-state index contributed by atoms with van der Waals surface area (Å²) >= 11 is 3.60. The summed E-state index contributed by atoms with van der Waals surface area (Å²) in [6.45, 7) is 5.67. The first kappa shape index (κ1) is 14.8. The van der Waals surface area contributed by atoms with Gasteiger partial charge in [0, 0.05) is 16.6 Å². The van der Waals surface area contributed by atoms with Crippen LogP contribution in [0.25, 0.3) is 0 Å². The topological polar surface area (TPSA) is 3.24 Å². The molecule has 1 aliphatic heterocycles. The summed E-state index contributed by atoms with van der Waals surface area (Å²) in [5.74, 6) is 0. The highest BCUT2D eigenvalue weighted by atomic mass is 79.9. The largest absolute Gasteiger partial charge is 0.290 e. The molecule has 0 spiro atoms. The SMILES string of the molecule is Cc1ccc([C@@H](C)N2CCC[C@H]2c2cccc(Br)c2)cc1. The summed E-state index contributed by atoms with van der Waals surface area (Å²) in [5, 5.41) is 0. The van der Waals surface area contributed by atoms with Gasteiger partial charge in [-0.1, -0.05) is 57.9 Å². The predicted octanol–water partition coefficient (Wildman–Crippen LogP) is 5.66. The van der Waals surface area contributed by atoms with Crippen molar-refractivity contribution in [1.82, 2.24) is 4.90 Å². The maximum absolute atomic E-state index is 3.60. The van der Waals surface area contributed by atoms with E-state index in [1.165, 1.54) is 40.5 Å². The first-order chi connectivity index (χ1) is 10.1. The molecular formula is C19H22BrN. The monoisotopic (exact) mass is 343 g/mol. The molecule has 0 bridgehead atoms. The average Bonchev–Trinajstić information content (AvgIpc) is 2.97. The third-order valence-corrected chi connectivity index (χ3v) is 5.08. The molecule has 0 amide bonds. The standard InChI is InChI=1S/C19H22BrN/c1-14-8-10-16(11-9-14)15(2)21-12-4-7-19(21)17-5-3-6-18(20)13-17/h3,5-6,8-11,13,15,19H,4,7,12H2,1-2H3/t15-,19+/m1/s1. The molecular weight excluding hydrogens is 322 g/mol. The number of nitrogens with zero attached hydrogens (tertiary/aromatic N) is 1. The van der Waals surface area contributed by atoms with Crippen molar-refractivity contribution in [3.63, 3.8) is 0 Å². The van der Waals surface area contributed by atoms with Crippen LogP contribution in [0.15, 0.2) is 53.0 Å². The van der Waals surface area contributed by atoms with E-state index in [0.717, 1.165) is 0 Å². The summed E-state index contributed by atoms with van der Waals surface area (Å²) in [7, 11) is 0. The molecule has 0 aliphatic carbocycles. The molecule has 2 aromatic rings. The van der Waals surface area contributed by atoms with Crippen molar-refractivity contribution < 1.29 is 0 Å². The van der Waals surface area contributed by atoms with Crippen LogP contribution in [0.3, 0.4) is 0 Å². The minimum atomic E-state index is 0.470. The molecule has 1 fully saturated rings. The summed E-state index contributed by atoms with van der Waals surface area (Å²) in [6, 6.07) is 18.8. The maximum Gasteiger partial charge on any atom is 0.0355 e. The molecule has 2 heteroatoms. The fourth-order valence-electron chi connectivity index (χ4n) is 3.36. The molecule has 0 N–H and O–H groups in total. The lowest BCUT2D eigenvalue weighted by atomic mass is 10.0. The van der Waals surface area contributed by atoms with Crippen LogP contribution in [0.4, 0.5) is 0 Å². The van der Waals surface area contributed by atoms with E-state index in [-0.39, 0.29) is 0 Å². The van der Waals surface area contributed by atoms with Crippen LogP contribution in [0, 0.1) is 6.92 Å². The van der Waals surface area contributed by atoms with Gasteiger partial charge in [-0.05, 0) is 56.5 Å². The van der Waals surface area contributed by atoms with Crippen molar-refractivity contribution in [2.75, 3.05) is 6.54 Å². The highest BCUT2D eigenvalue weighted by molar-refractivity contribution is 9.10. The number of benzene rings is 2. The van der Waals surface area contributed by atoms with Crippen molar-refractivity contribution >= 4 is 15.9 Å².